The van der Waals surface area contributed by atoms with Crippen LogP contribution in [0, 0.1) is 20.8 Å². The molecule has 0 aliphatic heterocycles. The molecule has 0 saturated carbocycles. The number of anilines is 1. The van der Waals surface area contributed by atoms with Gasteiger partial charge in [-0.25, -0.2) is 0 Å². The van der Waals surface area contributed by atoms with E-state index in [2.05, 4.69) is 5.32 Å². The third-order valence-corrected chi connectivity index (χ3v) is 5.38. The van der Waals surface area contributed by atoms with Crippen LogP contribution in [0.3, 0.4) is 0 Å². The summed E-state index contributed by atoms with van der Waals surface area (Å²) >= 11 is 6.01. The lowest BCUT2D eigenvalue weighted by Gasteiger charge is -2.13. The fourth-order valence-electron chi connectivity index (χ4n) is 3.41. The zero-order chi connectivity index (χ0) is 22.8. The average molecular weight is 448 g/mol. The third-order valence-electron chi connectivity index (χ3n) is 5.13. The monoisotopic (exact) mass is 447 g/mol. The summed E-state index contributed by atoms with van der Waals surface area (Å²) in [6.07, 6.45) is 0. The van der Waals surface area contributed by atoms with Gasteiger partial charge in [0, 0.05) is 16.3 Å². The summed E-state index contributed by atoms with van der Waals surface area (Å²) in [5.41, 5.74) is 4.32. The molecule has 4 aromatic rings. The molecular formula is C26H22ClNO4. The van der Waals surface area contributed by atoms with Crippen molar-refractivity contribution in [2.24, 2.45) is 0 Å². The lowest BCUT2D eigenvalue weighted by molar-refractivity contribution is -0.118. The van der Waals surface area contributed by atoms with E-state index in [9.17, 15) is 9.59 Å². The highest BCUT2D eigenvalue weighted by molar-refractivity contribution is 6.30. The number of fused-ring (bicyclic) bond motifs is 1. The molecule has 0 fully saturated rings. The minimum Gasteiger partial charge on any atom is -0.476 e. The number of carbonyl (C=O) groups is 1. The van der Waals surface area contributed by atoms with Gasteiger partial charge >= 0.3 is 0 Å². The first-order valence-corrected chi connectivity index (χ1v) is 10.5. The van der Waals surface area contributed by atoms with Crippen LogP contribution in [0.2, 0.25) is 5.02 Å². The summed E-state index contributed by atoms with van der Waals surface area (Å²) in [4.78, 5) is 25.9. The van der Waals surface area contributed by atoms with Crippen LogP contribution in [0.15, 0.2) is 69.9 Å². The zero-order valence-corrected chi connectivity index (χ0v) is 18.7. The smallest absolute Gasteiger partial charge is 0.262 e. The van der Waals surface area contributed by atoms with Gasteiger partial charge in [-0.15, -0.1) is 0 Å². The van der Waals surface area contributed by atoms with Gasteiger partial charge in [-0.05, 0) is 74.4 Å². The molecule has 32 heavy (non-hydrogen) atoms. The van der Waals surface area contributed by atoms with Gasteiger partial charge < -0.3 is 14.5 Å². The topological polar surface area (TPSA) is 68.5 Å². The van der Waals surface area contributed by atoms with Crippen molar-refractivity contribution in [3.05, 3.63) is 92.6 Å². The molecule has 0 radical (unpaired) electrons. The highest BCUT2D eigenvalue weighted by atomic mass is 35.5. The fourth-order valence-corrected chi connectivity index (χ4v) is 3.53. The molecule has 162 valence electrons. The number of benzene rings is 3. The number of halogens is 1. The number of hydrogen-bond donors (Lipinski definition) is 1. The van der Waals surface area contributed by atoms with Gasteiger partial charge in [0.25, 0.3) is 5.91 Å². The minimum atomic E-state index is -0.371. The van der Waals surface area contributed by atoms with E-state index in [1.807, 2.05) is 45.0 Å². The number of ether oxygens (including phenoxy) is 1. The second-order valence-electron chi connectivity index (χ2n) is 7.75. The van der Waals surface area contributed by atoms with Gasteiger partial charge in [-0.1, -0.05) is 35.4 Å². The van der Waals surface area contributed by atoms with Crippen molar-refractivity contribution in [1.29, 1.82) is 0 Å². The summed E-state index contributed by atoms with van der Waals surface area (Å²) < 4.78 is 11.8. The van der Waals surface area contributed by atoms with Crippen molar-refractivity contribution in [2.45, 2.75) is 20.8 Å². The first-order chi connectivity index (χ1) is 15.3. The summed E-state index contributed by atoms with van der Waals surface area (Å²) in [6.45, 7) is 5.42. The molecule has 5 nitrogen and oxygen atoms in total. The van der Waals surface area contributed by atoms with Crippen LogP contribution >= 0.6 is 11.6 Å². The predicted octanol–water partition coefficient (Wildman–Crippen LogP) is 6.06. The molecule has 0 aliphatic carbocycles. The predicted molar refractivity (Wildman–Crippen MR) is 128 cm³/mol. The molecule has 0 atom stereocenters. The van der Waals surface area contributed by atoms with Gasteiger partial charge in [0.05, 0.1) is 5.39 Å². The largest absolute Gasteiger partial charge is 0.476 e. The van der Waals surface area contributed by atoms with Crippen molar-refractivity contribution in [2.75, 3.05) is 11.9 Å². The van der Waals surface area contributed by atoms with Crippen LogP contribution in [0.1, 0.15) is 16.7 Å². The molecule has 1 amide bonds. The van der Waals surface area contributed by atoms with E-state index in [1.165, 1.54) is 0 Å². The first kappa shape index (κ1) is 21.7. The Balaban J connectivity index is 1.70. The fraction of sp³-hybridized carbons (Fsp3) is 0.154. The molecule has 1 N–H and O–H groups in total. The SMILES string of the molecule is Cc1ccc(C)c(NC(=O)COc2c(-c3ccc(Cl)cc3)oc3ccc(C)cc3c2=O)c1. The molecule has 0 bridgehead atoms. The van der Waals surface area contributed by atoms with Gasteiger partial charge in [0.1, 0.15) is 5.58 Å². The van der Waals surface area contributed by atoms with E-state index in [0.717, 1.165) is 16.7 Å². The Labute approximate surface area is 190 Å². The van der Waals surface area contributed by atoms with Crippen molar-refractivity contribution < 1.29 is 13.9 Å². The summed E-state index contributed by atoms with van der Waals surface area (Å²) in [6, 6.07) is 18.0. The summed E-state index contributed by atoms with van der Waals surface area (Å²) in [5.74, 6) is -0.131. The Morgan fingerprint density at radius 3 is 2.41 bits per heavy atom. The average Bonchev–Trinajstić information content (AvgIpc) is 2.76. The van der Waals surface area contributed by atoms with Gasteiger partial charge in [0.15, 0.2) is 12.4 Å². The molecule has 0 aliphatic rings. The molecule has 6 heteroatoms. The second kappa shape index (κ2) is 8.89. The van der Waals surface area contributed by atoms with Crippen molar-refractivity contribution >= 4 is 34.2 Å². The van der Waals surface area contributed by atoms with E-state index >= 15 is 0 Å². The van der Waals surface area contributed by atoms with Crippen molar-refractivity contribution in [1.82, 2.24) is 0 Å². The normalized spacial score (nSPS) is 10.9. The number of nitrogens with one attached hydrogen (secondary N) is 1. The summed E-state index contributed by atoms with van der Waals surface area (Å²) in [5, 5.41) is 3.79. The zero-order valence-electron chi connectivity index (χ0n) is 18.0. The lowest BCUT2D eigenvalue weighted by atomic mass is 10.1. The molecule has 0 unspecified atom stereocenters. The Kier molecular flexibility index (Phi) is 6.01. The van der Waals surface area contributed by atoms with Crippen LogP contribution in [0.4, 0.5) is 5.69 Å². The lowest BCUT2D eigenvalue weighted by Crippen LogP contribution is -2.23. The number of carbonyl (C=O) groups excluding carboxylic acids is 1. The first-order valence-electron chi connectivity index (χ1n) is 10.1. The molecule has 3 aromatic carbocycles. The Bertz CT molecular complexity index is 1370. The number of rotatable bonds is 5. The Morgan fingerprint density at radius 2 is 1.66 bits per heavy atom. The van der Waals surface area contributed by atoms with E-state index in [0.29, 0.717) is 27.2 Å². The quantitative estimate of drug-likeness (QED) is 0.404. The van der Waals surface area contributed by atoms with Crippen LogP contribution in [-0.4, -0.2) is 12.5 Å². The van der Waals surface area contributed by atoms with Crippen molar-refractivity contribution in [3.8, 4) is 17.1 Å². The van der Waals surface area contributed by atoms with Crippen LogP contribution in [-0.2, 0) is 4.79 Å². The van der Waals surface area contributed by atoms with Gasteiger partial charge in [-0.3, -0.25) is 9.59 Å². The Hall–Kier alpha value is -3.57. The second-order valence-corrected chi connectivity index (χ2v) is 8.19. The van der Waals surface area contributed by atoms with Crippen LogP contribution in [0.5, 0.6) is 5.75 Å². The van der Waals surface area contributed by atoms with Gasteiger partial charge in [0.2, 0.25) is 11.2 Å². The maximum Gasteiger partial charge on any atom is 0.262 e. The molecule has 0 saturated heterocycles. The highest BCUT2D eigenvalue weighted by Crippen LogP contribution is 2.32. The number of aryl methyl sites for hydroxylation is 3. The molecule has 0 spiro atoms. The van der Waals surface area contributed by atoms with E-state index in [4.69, 9.17) is 20.8 Å². The van der Waals surface area contributed by atoms with E-state index in [-0.39, 0.29) is 29.5 Å². The van der Waals surface area contributed by atoms with Crippen LogP contribution in [0.25, 0.3) is 22.3 Å². The number of hydrogen-bond acceptors (Lipinski definition) is 4. The standard InChI is InChI=1S/C26H22ClNO4/c1-15-5-11-22-20(12-15)24(30)26(25(32-22)18-7-9-19(27)10-8-18)31-14-23(29)28-21-13-16(2)4-6-17(21)3/h4-13H,14H2,1-3H3,(H,28,29). The minimum absolute atomic E-state index is 0.0125. The number of amides is 1. The summed E-state index contributed by atoms with van der Waals surface area (Å²) in [7, 11) is 0. The Morgan fingerprint density at radius 1 is 0.969 bits per heavy atom. The molecule has 4 rings (SSSR count). The third kappa shape index (κ3) is 4.53. The van der Waals surface area contributed by atoms with Crippen molar-refractivity contribution in [3.63, 3.8) is 0 Å². The highest BCUT2D eigenvalue weighted by Gasteiger charge is 2.19. The maximum absolute atomic E-state index is 13.3. The maximum atomic E-state index is 13.3. The molecule has 1 aromatic heterocycles. The van der Waals surface area contributed by atoms with Crippen LogP contribution < -0.4 is 15.5 Å². The molecule has 1 heterocycles. The van der Waals surface area contributed by atoms with E-state index in [1.54, 1.807) is 36.4 Å². The van der Waals surface area contributed by atoms with E-state index < -0.39 is 0 Å². The molecular weight excluding hydrogens is 426 g/mol. The van der Waals surface area contributed by atoms with Gasteiger partial charge in [-0.2, -0.15) is 0 Å².